The van der Waals surface area contributed by atoms with Gasteiger partial charge in [0.25, 0.3) is 0 Å². The summed E-state index contributed by atoms with van der Waals surface area (Å²) < 4.78 is 8.15. The van der Waals surface area contributed by atoms with Crippen LogP contribution in [0.25, 0.3) is 0 Å². The molecule has 0 aliphatic heterocycles. The Bertz CT molecular complexity index is 802. The molecular weight excluding hydrogens is 392 g/mol. The molecule has 0 bridgehead atoms. The van der Waals surface area contributed by atoms with Gasteiger partial charge in [0.1, 0.15) is 12.1 Å². The normalized spacial score (nSPS) is 12.1. The van der Waals surface area contributed by atoms with Crippen molar-refractivity contribution >= 4 is 39.3 Å². The van der Waals surface area contributed by atoms with Gasteiger partial charge >= 0.3 is 0 Å². The van der Waals surface area contributed by atoms with E-state index in [0.717, 1.165) is 15.9 Å². The van der Waals surface area contributed by atoms with Crippen LogP contribution in [0.3, 0.4) is 0 Å². The van der Waals surface area contributed by atoms with Gasteiger partial charge in [0, 0.05) is 10.2 Å². The smallest absolute Gasteiger partial charge is 0.237 e. The summed E-state index contributed by atoms with van der Waals surface area (Å²) in [7, 11) is 0. The molecule has 2 aromatic heterocycles. The lowest BCUT2D eigenvalue weighted by atomic mass is 10.3. The highest BCUT2D eigenvalue weighted by Crippen LogP contribution is 2.23. The fraction of sp³-hybridized carbons (Fsp3) is 0.188. The SMILES string of the molecule is CC(Sc1nncn1Cc1ccco1)C(=O)Nc1ccc(Br)cc1. The van der Waals surface area contributed by atoms with Crippen molar-refractivity contribution in [2.24, 2.45) is 0 Å². The molecule has 6 nitrogen and oxygen atoms in total. The maximum absolute atomic E-state index is 12.3. The predicted molar refractivity (Wildman–Crippen MR) is 95.9 cm³/mol. The molecular formula is C16H15BrN4O2S. The average molecular weight is 407 g/mol. The van der Waals surface area contributed by atoms with E-state index in [9.17, 15) is 4.79 Å². The predicted octanol–water partition coefficient (Wildman–Crippen LogP) is 3.80. The van der Waals surface area contributed by atoms with E-state index in [1.807, 2.05) is 47.9 Å². The molecule has 0 spiro atoms. The van der Waals surface area contributed by atoms with Crippen molar-refractivity contribution in [1.82, 2.24) is 14.8 Å². The van der Waals surface area contributed by atoms with Crippen LogP contribution in [0.2, 0.25) is 0 Å². The minimum Gasteiger partial charge on any atom is -0.467 e. The van der Waals surface area contributed by atoms with Gasteiger partial charge in [0.05, 0.1) is 18.1 Å². The third-order valence-electron chi connectivity index (χ3n) is 3.25. The first-order valence-electron chi connectivity index (χ1n) is 7.25. The van der Waals surface area contributed by atoms with Crippen LogP contribution in [-0.2, 0) is 11.3 Å². The second kappa shape index (κ2) is 7.67. The molecule has 1 N–H and O–H groups in total. The van der Waals surface area contributed by atoms with E-state index in [1.165, 1.54) is 11.8 Å². The van der Waals surface area contributed by atoms with Crippen LogP contribution >= 0.6 is 27.7 Å². The Balaban J connectivity index is 1.62. The van der Waals surface area contributed by atoms with Gasteiger partial charge < -0.3 is 14.3 Å². The minimum atomic E-state index is -0.312. The number of aromatic nitrogens is 3. The first-order chi connectivity index (χ1) is 11.6. The molecule has 1 amide bonds. The summed E-state index contributed by atoms with van der Waals surface area (Å²) in [5.74, 6) is 0.721. The molecule has 1 aromatic carbocycles. The number of halogens is 1. The maximum atomic E-state index is 12.3. The third-order valence-corrected chi connectivity index (χ3v) is 4.87. The Morgan fingerprint density at radius 1 is 1.38 bits per heavy atom. The first kappa shape index (κ1) is 16.8. The molecule has 24 heavy (non-hydrogen) atoms. The number of nitrogens with zero attached hydrogens (tertiary/aromatic N) is 3. The van der Waals surface area contributed by atoms with Crippen LogP contribution in [0.4, 0.5) is 5.69 Å². The average Bonchev–Trinajstić information content (AvgIpc) is 3.22. The molecule has 0 fully saturated rings. The van der Waals surface area contributed by atoms with E-state index in [0.29, 0.717) is 11.7 Å². The van der Waals surface area contributed by atoms with E-state index >= 15 is 0 Å². The molecule has 1 atom stereocenters. The van der Waals surface area contributed by atoms with Gasteiger partial charge in [-0.1, -0.05) is 27.7 Å². The van der Waals surface area contributed by atoms with Gasteiger partial charge in [-0.3, -0.25) is 4.79 Å². The first-order valence-corrected chi connectivity index (χ1v) is 8.92. The second-order valence-corrected chi connectivity index (χ2v) is 7.30. The Hall–Kier alpha value is -2.06. The molecule has 8 heteroatoms. The largest absolute Gasteiger partial charge is 0.467 e. The van der Waals surface area contributed by atoms with Gasteiger partial charge in [0.2, 0.25) is 5.91 Å². The standard InChI is InChI=1S/C16H15BrN4O2S/c1-11(15(22)19-13-6-4-12(17)5-7-13)24-16-20-18-10-21(16)9-14-3-2-8-23-14/h2-8,10-11H,9H2,1H3,(H,19,22). The molecule has 1 unspecified atom stereocenters. The summed E-state index contributed by atoms with van der Waals surface area (Å²) >= 11 is 4.73. The van der Waals surface area contributed by atoms with E-state index in [2.05, 4.69) is 31.4 Å². The molecule has 0 radical (unpaired) electrons. The lowest BCUT2D eigenvalue weighted by molar-refractivity contribution is -0.115. The summed E-state index contributed by atoms with van der Waals surface area (Å²) in [6.45, 7) is 2.37. The van der Waals surface area contributed by atoms with Gasteiger partial charge in [-0.2, -0.15) is 0 Å². The van der Waals surface area contributed by atoms with E-state index in [1.54, 1.807) is 12.6 Å². The summed E-state index contributed by atoms with van der Waals surface area (Å²) in [5.41, 5.74) is 0.757. The van der Waals surface area contributed by atoms with Gasteiger partial charge in [-0.05, 0) is 43.3 Å². The summed E-state index contributed by atoms with van der Waals surface area (Å²) in [6, 6.07) is 11.2. The molecule has 0 aliphatic rings. The monoisotopic (exact) mass is 406 g/mol. The number of amides is 1. The maximum Gasteiger partial charge on any atom is 0.237 e. The zero-order chi connectivity index (χ0) is 16.9. The van der Waals surface area contributed by atoms with Gasteiger partial charge in [-0.25, -0.2) is 0 Å². The number of rotatable bonds is 6. The quantitative estimate of drug-likeness (QED) is 0.630. The molecule has 0 saturated heterocycles. The number of benzene rings is 1. The number of hydrogen-bond donors (Lipinski definition) is 1. The van der Waals surface area contributed by atoms with Crippen LogP contribution < -0.4 is 5.32 Å². The molecule has 124 valence electrons. The van der Waals surface area contributed by atoms with Crippen molar-refractivity contribution < 1.29 is 9.21 Å². The van der Waals surface area contributed by atoms with E-state index in [-0.39, 0.29) is 11.2 Å². The molecule has 3 aromatic rings. The Labute approximate surface area is 151 Å². The topological polar surface area (TPSA) is 73.0 Å². The number of furan rings is 1. The number of carbonyl (C=O) groups is 1. The zero-order valence-corrected chi connectivity index (χ0v) is 15.3. The molecule has 0 saturated carbocycles. The Kier molecular flexibility index (Phi) is 5.37. The number of carbonyl (C=O) groups excluding carboxylic acids is 1. The second-order valence-electron chi connectivity index (χ2n) is 5.08. The highest BCUT2D eigenvalue weighted by Gasteiger charge is 2.18. The summed E-state index contributed by atoms with van der Waals surface area (Å²) in [4.78, 5) is 12.3. The van der Waals surface area contributed by atoms with Crippen molar-refractivity contribution in [3.8, 4) is 0 Å². The molecule has 2 heterocycles. The zero-order valence-electron chi connectivity index (χ0n) is 12.8. The molecule has 3 rings (SSSR count). The van der Waals surface area contributed by atoms with Crippen LogP contribution in [0.15, 0.2) is 63.0 Å². The number of nitrogens with one attached hydrogen (secondary N) is 1. The molecule has 0 aliphatic carbocycles. The lowest BCUT2D eigenvalue weighted by Gasteiger charge is -2.12. The van der Waals surface area contributed by atoms with E-state index in [4.69, 9.17) is 4.42 Å². The number of anilines is 1. The van der Waals surface area contributed by atoms with Gasteiger partial charge in [0.15, 0.2) is 5.16 Å². The minimum absolute atomic E-state index is 0.0881. The van der Waals surface area contributed by atoms with Crippen molar-refractivity contribution in [3.05, 3.63) is 59.2 Å². The van der Waals surface area contributed by atoms with Crippen molar-refractivity contribution in [2.75, 3.05) is 5.32 Å². The van der Waals surface area contributed by atoms with E-state index < -0.39 is 0 Å². The number of hydrogen-bond acceptors (Lipinski definition) is 5. The highest BCUT2D eigenvalue weighted by atomic mass is 79.9. The van der Waals surface area contributed by atoms with Crippen LogP contribution in [0, 0.1) is 0 Å². The van der Waals surface area contributed by atoms with Crippen LogP contribution in [-0.4, -0.2) is 25.9 Å². The van der Waals surface area contributed by atoms with Gasteiger partial charge in [-0.15, -0.1) is 10.2 Å². The third kappa shape index (κ3) is 4.27. The van der Waals surface area contributed by atoms with Crippen molar-refractivity contribution in [2.45, 2.75) is 23.9 Å². The summed E-state index contributed by atoms with van der Waals surface area (Å²) in [5, 5.41) is 11.3. The van der Waals surface area contributed by atoms with Crippen LogP contribution in [0.5, 0.6) is 0 Å². The van der Waals surface area contributed by atoms with Crippen molar-refractivity contribution in [3.63, 3.8) is 0 Å². The fourth-order valence-electron chi connectivity index (χ4n) is 2.00. The Morgan fingerprint density at radius 3 is 2.88 bits per heavy atom. The highest BCUT2D eigenvalue weighted by molar-refractivity contribution is 9.10. The fourth-order valence-corrected chi connectivity index (χ4v) is 3.09. The summed E-state index contributed by atoms with van der Waals surface area (Å²) in [6.07, 6.45) is 3.25. The lowest BCUT2D eigenvalue weighted by Crippen LogP contribution is -2.22. The number of thioether (sulfide) groups is 1. The Morgan fingerprint density at radius 2 is 2.17 bits per heavy atom. The van der Waals surface area contributed by atoms with Crippen molar-refractivity contribution in [1.29, 1.82) is 0 Å². The van der Waals surface area contributed by atoms with Crippen LogP contribution in [0.1, 0.15) is 12.7 Å².